The van der Waals surface area contributed by atoms with E-state index in [9.17, 15) is 4.79 Å². The standard InChI is InChI=1S/C29H24N2O4/c1-2-20-13-18-26-25(19-20)31-28(35-26)21-14-16-22(17-15-21)30-27(32)29(33-23-9-5-3-6-10-23)34-24-11-7-4-8-12-24/h3-19,29H,2H2,1H3,(H,30,32). The van der Waals surface area contributed by atoms with Gasteiger partial charge in [0.15, 0.2) is 5.58 Å². The van der Waals surface area contributed by atoms with Crippen molar-refractivity contribution in [3.63, 3.8) is 0 Å². The molecule has 174 valence electrons. The van der Waals surface area contributed by atoms with Gasteiger partial charge in [0.1, 0.15) is 17.0 Å². The maximum Gasteiger partial charge on any atom is 0.321 e. The Morgan fingerprint density at radius 1 is 0.857 bits per heavy atom. The van der Waals surface area contributed by atoms with Crippen molar-refractivity contribution in [1.29, 1.82) is 0 Å². The van der Waals surface area contributed by atoms with E-state index in [0.717, 1.165) is 23.1 Å². The molecule has 5 aromatic rings. The molecule has 0 spiro atoms. The van der Waals surface area contributed by atoms with E-state index in [1.165, 1.54) is 5.56 Å². The Kier molecular flexibility index (Phi) is 6.44. The van der Waals surface area contributed by atoms with Crippen LogP contribution in [0.5, 0.6) is 11.5 Å². The molecule has 0 fully saturated rings. The minimum absolute atomic E-state index is 0.431. The van der Waals surface area contributed by atoms with E-state index in [2.05, 4.69) is 17.2 Å². The molecule has 1 amide bonds. The molecule has 4 aromatic carbocycles. The summed E-state index contributed by atoms with van der Waals surface area (Å²) in [6.45, 7) is 2.11. The maximum atomic E-state index is 13.1. The Labute approximate surface area is 203 Å². The number of nitrogens with one attached hydrogen (secondary N) is 1. The molecular weight excluding hydrogens is 440 g/mol. The lowest BCUT2D eigenvalue weighted by Crippen LogP contribution is -2.38. The smallest absolute Gasteiger partial charge is 0.321 e. The van der Waals surface area contributed by atoms with E-state index in [1.807, 2.05) is 66.7 Å². The molecular formula is C29H24N2O4. The van der Waals surface area contributed by atoms with Gasteiger partial charge in [-0.1, -0.05) is 49.4 Å². The van der Waals surface area contributed by atoms with Crippen LogP contribution in [0.3, 0.4) is 0 Å². The Balaban J connectivity index is 1.32. The number of fused-ring (bicyclic) bond motifs is 1. The van der Waals surface area contributed by atoms with E-state index in [-0.39, 0.29) is 0 Å². The third-order valence-electron chi connectivity index (χ3n) is 5.45. The van der Waals surface area contributed by atoms with Crippen molar-refractivity contribution in [2.75, 3.05) is 5.32 Å². The van der Waals surface area contributed by atoms with Gasteiger partial charge in [-0.05, 0) is 72.6 Å². The number of anilines is 1. The van der Waals surface area contributed by atoms with Crippen LogP contribution in [0.4, 0.5) is 5.69 Å². The number of aryl methyl sites for hydroxylation is 1. The molecule has 0 aliphatic heterocycles. The summed E-state index contributed by atoms with van der Waals surface area (Å²) in [5.74, 6) is 1.16. The molecule has 1 heterocycles. The first kappa shape index (κ1) is 22.2. The predicted octanol–water partition coefficient (Wildman–Crippen LogP) is 6.48. The number of aromatic nitrogens is 1. The maximum absolute atomic E-state index is 13.1. The predicted molar refractivity (Wildman–Crippen MR) is 135 cm³/mol. The number of carbonyl (C=O) groups is 1. The fourth-order valence-electron chi connectivity index (χ4n) is 3.59. The number of nitrogens with zero attached hydrogens (tertiary/aromatic N) is 1. The van der Waals surface area contributed by atoms with Gasteiger partial charge in [0.25, 0.3) is 0 Å². The summed E-state index contributed by atoms with van der Waals surface area (Å²) in [4.78, 5) is 17.7. The molecule has 6 nitrogen and oxygen atoms in total. The molecule has 0 radical (unpaired) electrons. The molecule has 5 rings (SSSR count). The van der Waals surface area contributed by atoms with Crippen molar-refractivity contribution in [2.24, 2.45) is 0 Å². The van der Waals surface area contributed by atoms with Crippen molar-refractivity contribution in [3.05, 3.63) is 109 Å². The molecule has 6 heteroatoms. The van der Waals surface area contributed by atoms with Gasteiger partial charge in [0.05, 0.1) is 0 Å². The number of hydrogen-bond acceptors (Lipinski definition) is 5. The molecule has 0 bridgehead atoms. The Morgan fingerprint density at radius 3 is 2.09 bits per heavy atom. The molecule has 1 N–H and O–H groups in total. The zero-order valence-corrected chi connectivity index (χ0v) is 19.2. The van der Waals surface area contributed by atoms with Gasteiger partial charge < -0.3 is 19.2 Å². The highest BCUT2D eigenvalue weighted by molar-refractivity contribution is 5.94. The van der Waals surface area contributed by atoms with Gasteiger partial charge in [-0.2, -0.15) is 0 Å². The minimum Gasteiger partial charge on any atom is -0.446 e. The number of rotatable bonds is 8. The first-order valence-electron chi connectivity index (χ1n) is 11.4. The number of amides is 1. The average Bonchev–Trinajstić information content (AvgIpc) is 3.33. The number of carbonyl (C=O) groups excluding carboxylic acids is 1. The molecule has 0 atom stereocenters. The zero-order valence-electron chi connectivity index (χ0n) is 19.2. The van der Waals surface area contributed by atoms with E-state index >= 15 is 0 Å². The van der Waals surface area contributed by atoms with Crippen LogP contribution >= 0.6 is 0 Å². The Hall–Kier alpha value is -4.58. The van der Waals surface area contributed by atoms with Gasteiger partial charge >= 0.3 is 12.2 Å². The summed E-state index contributed by atoms with van der Waals surface area (Å²) >= 11 is 0. The second kappa shape index (κ2) is 10.1. The second-order valence-corrected chi connectivity index (χ2v) is 7.93. The quantitative estimate of drug-likeness (QED) is 0.266. The number of oxazole rings is 1. The van der Waals surface area contributed by atoms with Crippen LogP contribution in [-0.4, -0.2) is 17.2 Å². The third-order valence-corrected chi connectivity index (χ3v) is 5.45. The summed E-state index contributed by atoms with van der Waals surface area (Å²) in [6, 6.07) is 31.5. The highest BCUT2D eigenvalue weighted by Crippen LogP contribution is 2.26. The second-order valence-electron chi connectivity index (χ2n) is 7.93. The topological polar surface area (TPSA) is 73.6 Å². The zero-order chi connectivity index (χ0) is 24.0. The van der Waals surface area contributed by atoms with Gasteiger partial charge in [-0.25, -0.2) is 4.98 Å². The summed E-state index contributed by atoms with van der Waals surface area (Å²) in [6.07, 6.45) is -0.237. The van der Waals surface area contributed by atoms with Crippen molar-refractivity contribution in [2.45, 2.75) is 19.6 Å². The van der Waals surface area contributed by atoms with Crippen molar-refractivity contribution < 1.29 is 18.7 Å². The van der Waals surface area contributed by atoms with E-state index < -0.39 is 12.2 Å². The van der Waals surface area contributed by atoms with Gasteiger partial charge in [0, 0.05) is 11.3 Å². The van der Waals surface area contributed by atoms with Crippen LogP contribution in [0.2, 0.25) is 0 Å². The molecule has 35 heavy (non-hydrogen) atoms. The summed E-state index contributed by atoms with van der Waals surface area (Å²) in [7, 11) is 0. The van der Waals surface area contributed by atoms with Crippen molar-refractivity contribution in [3.8, 4) is 23.0 Å². The van der Waals surface area contributed by atoms with Crippen LogP contribution in [0.15, 0.2) is 108 Å². The summed E-state index contributed by atoms with van der Waals surface area (Å²) in [5, 5.41) is 2.86. The largest absolute Gasteiger partial charge is 0.446 e. The summed E-state index contributed by atoms with van der Waals surface area (Å²) < 4.78 is 17.6. The SMILES string of the molecule is CCc1ccc2oc(-c3ccc(NC(=O)C(Oc4ccccc4)Oc4ccccc4)cc3)nc2c1. The van der Waals surface area contributed by atoms with Crippen molar-refractivity contribution in [1.82, 2.24) is 4.98 Å². The first-order chi connectivity index (χ1) is 17.2. The highest BCUT2D eigenvalue weighted by Gasteiger charge is 2.23. The molecule has 0 saturated carbocycles. The van der Waals surface area contributed by atoms with E-state index in [0.29, 0.717) is 23.1 Å². The molecule has 0 aliphatic carbocycles. The van der Waals surface area contributed by atoms with Crippen LogP contribution < -0.4 is 14.8 Å². The number of para-hydroxylation sites is 2. The van der Waals surface area contributed by atoms with Crippen LogP contribution in [-0.2, 0) is 11.2 Å². The Morgan fingerprint density at radius 2 is 1.49 bits per heavy atom. The van der Waals surface area contributed by atoms with Crippen molar-refractivity contribution >= 4 is 22.7 Å². The van der Waals surface area contributed by atoms with E-state index in [4.69, 9.17) is 13.9 Å². The van der Waals surface area contributed by atoms with Crippen LogP contribution in [0.25, 0.3) is 22.6 Å². The van der Waals surface area contributed by atoms with Gasteiger partial charge in [-0.15, -0.1) is 0 Å². The lowest BCUT2D eigenvalue weighted by Gasteiger charge is -2.20. The normalized spacial score (nSPS) is 10.9. The van der Waals surface area contributed by atoms with E-state index in [1.54, 1.807) is 36.4 Å². The monoisotopic (exact) mass is 464 g/mol. The minimum atomic E-state index is -1.18. The summed E-state index contributed by atoms with van der Waals surface area (Å²) in [5.41, 5.74) is 4.20. The van der Waals surface area contributed by atoms with Gasteiger partial charge in [-0.3, -0.25) is 4.79 Å². The third kappa shape index (κ3) is 5.33. The molecule has 0 unspecified atom stereocenters. The van der Waals surface area contributed by atoms with Crippen LogP contribution in [0.1, 0.15) is 12.5 Å². The highest BCUT2D eigenvalue weighted by atomic mass is 16.7. The Bertz CT molecular complexity index is 1370. The lowest BCUT2D eigenvalue weighted by atomic mass is 10.1. The average molecular weight is 465 g/mol. The fraction of sp³-hybridized carbons (Fsp3) is 0.103. The number of ether oxygens (including phenoxy) is 2. The fourth-order valence-corrected chi connectivity index (χ4v) is 3.59. The number of benzene rings is 4. The first-order valence-corrected chi connectivity index (χ1v) is 11.4. The van der Waals surface area contributed by atoms with Crippen LogP contribution in [0, 0.1) is 0 Å². The molecule has 0 aliphatic rings. The van der Waals surface area contributed by atoms with Gasteiger partial charge in [0.2, 0.25) is 5.89 Å². The molecule has 0 saturated heterocycles. The number of hydrogen-bond donors (Lipinski definition) is 1. The lowest BCUT2D eigenvalue weighted by molar-refractivity contribution is -0.134. The molecule has 1 aromatic heterocycles.